The molecule has 0 aliphatic heterocycles. The summed E-state index contributed by atoms with van der Waals surface area (Å²) in [7, 11) is -3.51. The zero-order valence-corrected chi connectivity index (χ0v) is 13.9. The van der Waals surface area contributed by atoms with E-state index in [-0.39, 0.29) is 12.5 Å². The smallest absolute Gasteiger partial charge is 0.183 e. The molecule has 1 aliphatic rings. The first-order valence-electron chi connectivity index (χ1n) is 7.72. The van der Waals surface area contributed by atoms with E-state index in [0.29, 0.717) is 11.5 Å². The molecule has 0 saturated heterocycles. The van der Waals surface area contributed by atoms with Crippen LogP contribution in [0.1, 0.15) is 18.4 Å². The van der Waals surface area contributed by atoms with Crippen LogP contribution in [-0.2, 0) is 14.6 Å². The van der Waals surface area contributed by atoms with E-state index in [9.17, 15) is 8.42 Å². The van der Waals surface area contributed by atoms with Crippen molar-refractivity contribution >= 4 is 9.84 Å². The molecule has 5 heteroatoms. The third kappa shape index (κ3) is 2.80. The van der Waals surface area contributed by atoms with Crippen molar-refractivity contribution in [3.05, 3.63) is 66.2 Å². The fourth-order valence-electron chi connectivity index (χ4n) is 3.24. The summed E-state index contributed by atoms with van der Waals surface area (Å²) in [4.78, 5) is 0.315. The lowest BCUT2D eigenvalue weighted by Crippen LogP contribution is -2.36. The van der Waals surface area contributed by atoms with Gasteiger partial charge in [0.05, 0.1) is 22.3 Å². The molecule has 0 heterocycles. The zero-order chi connectivity index (χ0) is 16.5. The Bertz CT molecular complexity index is 761. The number of rotatable bonds is 6. The average Bonchev–Trinajstić information content (AvgIpc) is 3.22. The van der Waals surface area contributed by atoms with Crippen molar-refractivity contribution in [1.82, 2.24) is 0 Å². The summed E-state index contributed by atoms with van der Waals surface area (Å²) in [5.41, 5.74) is 6.53. The molecule has 0 unspecified atom stereocenters. The summed E-state index contributed by atoms with van der Waals surface area (Å²) < 4.78 is 31.5. The zero-order valence-electron chi connectivity index (χ0n) is 13.1. The van der Waals surface area contributed by atoms with E-state index in [0.717, 1.165) is 5.56 Å². The van der Waals surface area contributed by atoms with Crippen molar-refractivity contribution < 1.29 is 13.2 Å². The van der Waals surface area contributed by atoms with Crippen molar-refractivity contribution in [2.24, 2.45) is 5.73 Å². The van der Waals surface area contributed by atoms with Gasteiger partial charge in [0.1, 0.15) is 0 Å². The Hall–Kier alpha value is -1.69. The first kappa shape index (κ1) is 16.2. The SMILES string of the molecule is CCOC[C@]1(N)[C@H](c2ccccc2)[C@H]1S(=O)(=O)c1ccccc1. The molecule has 0 aromatic heterocycles. The molecule has 4 nitrogen and oxygen atoms in total. The second kappa shape index (κ2) is 6.07. The molecule has 1 aliphatic carbocycles. The van der Waals surface area contributed by atoms with Crippen molar-refractivity contribution in [3.63, 3.8) is 0 Å². The molecule has 2 aromatic rings. The highest BCUT2D eigenvalue weighted by atomic mass is 32.2. The van der Waals surface area contributed by atoms with Crippen LogP contribution < -0.4 is 5.73 Å². The predicted octanol–water partition coefficient (Wildman–Crippen LogP) is 2.36. The van der Waals surface area contributed by atoms with Crippen LogP contribution in [0.3, 0.4) is 0 Å². The number of nitrogens with two attached hydrogens (primary N) is 1. The molecule has 0 spiro atoms. The highest BCUT2D eigenvalue weighted by molar-refractivity contribution is 7.92. The molecule has 3 rings (SSSR count). The van der Waals surface area contributed by atoms with E-state index in [1.54, 1.807) is 30.3 Å². The minimum Gasteiger partial charge on any atom is -0.380 e. The van der Waals surface area contributed by atoms with E-state index in [2.05, 4.69) is 0 Å². The lowest BCUT2D eigenvalue weighted by Gasteiger charge is -2.12. The second-order valence-corrected chi connectivity index (χ2v) is 7.99. The van der Waals surface area contributed by atoms with E-state index in [1.165, 1.54) is 0 Å². The molecule has 0 amide bonds. The van der Waals surface area contributed by atoms with Crippen LogP contribution in [0.5, 0.6) is 0 Å². The van der Waals surface area contributed by atoms with Crippen molar-refractivity contribution in [2.75, 3.05) is 13.2 Å². The predicted molar refractivity (Wildman–Crippen MR) is 90.0 cm³/mol. The van der Waals surface area contributed by atoms with E-state index >= 15 is 0 Å². The van der Waals surface area contributed by atoms with Gasteiger partial charge >= 0.3 is 0 Å². The fourth-order valence-corrected chi connectivity index (χ4v) is 5.56. The monoisotopic (exact) mass is 331 g/mol. The Morgan fingerprint density at radius 2 is 1.61 bits per heavy atom. The molecule has 2 aromatic carbocycles. The molecule has 3 atom stereocenters. The highest BCUT2D eigenvalue weighted by Gasteiger charge is 2.69. The van der Waals surface area contributed by atoms with Crippen LogP contribution >= 0.6 is 0 Å². The first-order valence-corrected chi connectivity index (χ1v) is 9.27. The Morgan fingerprint density at radius 1 is 1.04 bits per heavy atom. The average molecular weight is 331 g/mol. The maximum atomic E-state index is 13.0. The van der Waals surface area contributed by atoms with Crippen LogP contribution in [0.15, 0.2) is 65.6 Å². The van der Waals surface area contributed by atoms with Gasteiger partial charge in [-0.2, -0.15) is 0 Å². The topological polar surface area (TPSA) is 69.4 Å². The van der Waals surface area contributed by atoms with E-state index in [4.69, 9.17) is 10.5 Å². The molecule has 0 radical (unpaired) electrons. The molecule has 122 valence electrons. The number of hydrogen-bond donors (Lipinski definition) is 1. The van der Waals surface area contributed by atoms with Gasteiger partial charge in [-0.05, 0) is 24.6 Å². The molecule has 1 saturated carbocycles. The van der Waals surface area contributed by atoms with Crippen molar-refractivity contribution in [3.8, 4) is 0 Å². The maximum Gasteiger partial charge on any atom is 0.183 e. The minimum absolute atomic E-state index is 0.236. The number of sulfone groups is 1. The molecule has 2 N–H and O–H groups in total. The van der Waals surface area contributed by atoms with Crippen LogP contribution in [-0.4, -0.2) is 32.4 Å². The Balaban J connectivity index is 1.99. The molecule has 23 heavy (non-hydrogen) atoms. The third-order valence-electron chi connectivity index (χ3n) is 4.42. The molecule has 0 bridgehead atoms. The van der Waals surface area contributed by atoms with Gasteiger partial charge in [0.2, 0.25) is 0 Å². The molecular weight excluding hydrogens is 310 g/mol. The van der Waals surface area contributed by atoms with E-state index < -0.39 is 20.6 Å². The first-order chi connectivity index (χ1) is 11.0. The number of benzene rings is 2. The normalized spacial score (nSPS) is 26.9. The summed E-state index contributed by atoms with van der Waals surface area (Å²) in [6.07, 6.45) is 0. The van der Waals surface area contributed by atoms with Crippen LogP contribution in [0, 0.1) is 0 Å². The quantitative estimate of drug-likeness (QED) is 0.882. The van der Waals surface area contributed by atoms with Gasteiger partial charge in [0.15, 0.2) is 9.84 Å². The van der Waals surface area contributed by atoms with Gasteiger partial charge in [-0.3, -0.25) is 0 Å². The minimum atomic E-state index is -3.51. The van der Waals surface area contributed by atoms with Gasteiger partial charge in [-0.15, -0.1) is 0 Å². The highest BCUT2D eigenvalue weighted by Crippen LogP contribution is 2.55. The van der Waals surface area contributed by atoms with Crippen molar-refractivity contribution in [1.29, 1.82) is 0 Å². The Labute approximate surface area is 137 Å². The fraction of sp³-hybridized carbons (Fsp3) is 0.333. The van der Waals surface area contributed by atoms with Gasteiger partial charge in [0.25, 0.3) is 0 Å². The lowest BCUT2D eigenvalue weighted by atomic mass is 10.1. The summed E-state index contributed by atoms with van der Waals surface area (Å²) in [5, 5.41) is -0.661. The van der Waals surface area contributed by atoms with Gasteiger partial charge in [-0.25, -0.2) is 8.42 Å². The van der Waals surface area contributed by atoms with E-state index in [1.807, 2.05) is 37.3 Å². The van der Waals surface area contributed by atoms with Crippen molar-refractivity contribution in [2.45, 2.75) is 28.5 Å². The molecular formula is C18H21NO3S. The Kier molecular flexibility index (Phi) is 4.27. The maximum absolute atomic E-state index is 13.0. The summed E-state index contributed by atoms with van der Waals surface area (Å²) in [6, 6.07) is 18.1. The van der Waals surface area contributed by atoms with Gasteiger partial charge < -0.3 is 10.5 Å². The molecule has 1 fully saturated rings. The van der Waals surface area contributed by atoms with Crippen LogP contribution in [0.2, 0.25) is 0 Å². The lowest BCUT2D eigenvalue weighted by molar-refractivity contribution is 0.125. The summed E-state index contributed by atoms with van der Waals surface area (Å²) in [5.74, 6) is -0.250. The third-order valence-corrected chi connectivity index (χ3v) is 6.73. The van der Waals surface area contributed by atoms with Crippen LogP contribution in [0.25, 0.3) is 0 Å². The largest absolute Gasteiger partial charge is 0.380 e. The van der Waals surface area contributed by atoms with Gasteiger partial charge in [-0.1, -0.05) is 48.5 Å². The Morgan fingerprint density at radius 3 is 2.17 bits per heavy atom. The summed E-state index contributed by atoms with van der Waals surface area (Å²) in [6.45, 7) is 2.63. The summed E-state index contributed by atoms with van der Waals surface area (Å²) >= 11 is 0. The number of hydrogen-bond acceptors (Lipinski definition) is 4. The second-order valence-electron chi connectivity index (χ2n) is 5.92. The standard InChI is InChI=1S/C18H21NO3S/c1-2-22-13-18(19)16(14-9-5-3-6-10-14)17(18)23(20,21)15-11-7-4-8-12-15/h3-12,16-17H,2,13,19H2,1H3/t16-,17-,18+/m1/s1. The van der Waals surface area contributed by atoms with Gasteiger partial charge in [0, 0.05) is 12.5 Å². The number of ether oxygens (including phenoxy) is 1. The van der Waals surface area contributed by atoms with Crippen LogP contribution in [0.4, 0.5) is 0 Å².